The molecule has 160 valence electrons. The molecule has 0 spiro atoms. The van der Waals surface area contributed by atoms with E-state index in [1.165, 1.54) is 11.8 Å². The predicted octanol–water partition coefficient (Wildman–Crippen LogP) is 3.83. The van der Waals surface area contributed by atoms with Gasteiger partial charge in [0.25, 0.3) is 5.91 Å². The summed E-state index contributed by atoms with van der Waals surface area (Å²) in [5, 5.41) is 12.2. The second kappa shape index (κ2) is 9.34. The standard InChI is InChI=1S/C23H25N5O2S/c1-16-9-6-7-12-18(16)22(30)28-14-8-13-19(28)21-25-26-23(27(21)2)31-15-20(29)24-17-10-4-3-5-11-17/h3-7,9-12,19H,8,13-15H2,1-2H3,(H,24,29). The first-order valence-corrected chi connectivity index (χ1v) is 11.3. The van der Waals surface area contributed by atoms with Gasteiger partial charge in [0.15, 0.2) is 11.0 Å². The highest BCUT2D eigenvalue weighted by Gasteiger charge is 2.34. The van der Waals surface area contributed by atoms with Gasteiger partial charge in [-0.2, -0.15) is 0 Å². The number of hydrogen-bond acceptors (Lipinski definition) is 5. The zero-order chi connectivity index (χ0) is 21.8. The van der Waals surface area contributed by atoms with Gasteiger partial charge in [-0.25, -0.2) is 0 Å². The lowest BCUT2D eigenvalue weighted by atomic mass is 10.1. The molecule has 2 amide bonds. The van der Waals surface area contributed by atoms with Crippen LogP contribution in [0.5, 0.6) is 0 Å². The first-order valence-electron chi connectivity index (χ1n) is 10.3. The Morgan fingerprint density at radius 1 is 1.10 bits per heavy atom. The van der Waals surface area contributed by atoms with Crippen LogP contribution in [0.3, 0.4) is 0 Å². The number of benzene rings is 2. The van der Waals surface area contributed by atoms with Gasteiger partial charge in [-0.3, -0.25) is 9.59 Å². The van der Waals surface area contributed by atoms with E-state index in [0.29, 0.717) is 11.7 Å². The molecule has 1 aliphatic rings. The van der Waals surface area contributed by atoms with Gasteiger partial charge >= 0.3 is 0 Å². The van der Waals surface area contributed by atoms with Crippen molar-refractivity contribution in [2.75, 3.05) is 17.6 Å². The molecule has 0 aliphatic carbocycles. The number of nitrogens with one attached hydrogen (secondary N) is 1. The molecule has 1 atom stereocenters. The normalized spacial score (nSPS) is 15.8. The number of amides is 2. The van der Waals surface area contributed by atoms with Gasteiger partial charge in [0.1, 0.15) is 0 Å². The summed E-state index contributed by atoms with van der Waals surface area (Å²) in [6, 6.07) is 16.9. The molecule has 0 bridgehead atoms. The lowest BCUT2D eigenvalue weighted by molar-refractivity contribution is -0.113. The molecule has 1 aliphatic heterocycles. The molecule has 1 saturated heterocycles. The molecule has 4 rings (SSSR count). The van der Waals surface area contributed by atoms with Gasteiger partial charge in [-0.05, 0) is 43.5 Å². The summed E-state index contributed by atoms with van der Waals surface area (Å²) >= 11 is 1.34. The fourth-order valence-corrected chi connectivity index (χ4v) is 4.55. The molecule has 31 heavy (non-hydrogen) atoms. The predicted molar refractivity (Wildman–Crippen MR) is 121 cm³/mol. The Morgan fingerprint density at radius 3 is 2.61 bits per heavy atom. The smallest absolute Gasteiger partial charge is 0.254 e. The number of para-hydroxylation sites is 1. The van der Waals surface area contributed by atoms with E-state index in [0.717, 1.165) is 35.5 Å². The minimum atomic E-state index is -0.114. The summed E-state index contributed by atoms with van der Waals surface area (Å²) in [6.45, 7) is 2.66. The van der Waals surface area contributed by atoms with E-state index in [9.17, 15) is 9.59 Å². The van der Waals surface area contributed by atoms with E-state index in [4.69, 9.17) is 0 Å². The molecule has 1 unspecified atom stereocenters. The summed E-state index contributed by atoms with van der Waals surface area (Å²) in [6.07, 6.45) is 1.78. The Kier molecular flexibility index (Phi) is 6.36. The number of aromatic nitrogens is 3. The maximum atomic E-state index is 13.2. The fourth-order valence-electron chi connectivity index (χ4n) is 3.84. The number of anilines is 1. The summed E-state index contributed by atoms with van der Waals surface area (Å²) < 4.78 is 1.90. The van der Waals surface area contributed by atoms with Crippen LogP contribution in [0.25, 0.3) is 0 Å². The number of aryl methyl sites for hydroxylation is 1. The molecule has 1 aromatic heterocycles. The van der Waals surface area contributed by atoms with Crippen molar-refractivity contribution in [2.45, 2.75) is 31.0 Å². The molecule has 1 N–H and O–H groups in total. The van der Waals surface area contributed by atoms with E-state index in [1.54, 1.807) is 0 Å². The second-order valence-electron chi connectivity index (χ2n) is 7.57. The average Bonchev–Trinajstić information content (AvgIpc) is 3.39. The third-order valence-corrected chi connectivity index (χ3v) is 6.47. The molecular weight excluding hydrogens is 410 g/mol. The largest absolute Gasteiger partial charge is 0.328 e. The topological polar surface area (TPSA) is 80.1 Å². The van der Waals surface area contributed by atoms with Gasteiger partial charge in [0.2, 0.25) is 5.91 Å². The monoisotopic (exact) mass is 435 g/mol. The van der Waals surface area contributed by atoms with Crippen molar-refractivity contribution < 1.29 is 9.59 Å². The van der Waals surface area contributed by atoms with E-state index >= 15 is 0 Å². The van der Waals surface area contributed by atoms with Crippen LogP contribution in [0.1, 0.15) is 40.6 Å². The number of hydrogen-bond donors (Lipinski definition) is 1. The molecule has 1 fully saturated rings. The average molecular weight is 436 g/mol. The van der Waals surface area contributed by atoms with Crippen LogP contribution in [-0.2, 0) is 11.8 Å². The quantitative estimate of drug-likeness (QED) is 0.595. The van der Waals surface area contributed by atoms with Crippen LogP contribution in [-0.4, -0.2) is 43.8 Å². The van der Waals surface area contributed by atoms with Gasteiger partial charge < -0.3 is 14.8 Å². The lowest BCUT2D eigenvalue weighted by Crippen LogP contribution is -2.32. The number of carbonyl (C=O) groups excluding carboxylic acids is 2. The summed E-state index contributed by atoms with van der Waals surface area (Å²) in [5.41, 5.74) is 2.46. The Balaban J connectivity index is 1.44. The van der Waals surface area contributed by atoms with Crippen LogP contribution in [0.15, 0.2) is 59.8 Å². The third kappa shape index (κ3) is 4.64. The number of carbonyl (C=O) groups is 2. The van der Waals surface area contributed by atoms with E-state index < -0.39 is 0 Å². The third-order valence-electron chi connectivity index (χ3n) is 5.45. The van der Waals surface area contributed by atoms with Crippen molar-refractivity contribution in [3.63, 3.8) is 0 Å². The van der Waals surface area contributed by atoms with Crippen LogP contribution in [0.4, 0.5) is 5.69 Å². The summed E-state index contributed by atoms with van der Waals surface area (Å²) in [4.78, 5) is 27.3. The van der Waals surface area contributed by atoms with E-state index in [1.807, 2.05) is 78.0 Å². The number of nitrogens with zero attached hydrogens (tertiary/aromatic N) is 4. The lowest BCUT2D eigenvalue weighted by Gasteiger charge is -2.24. The highest BCUT2D eigenvalue weighted by atomic mass is 32.2. The minimum Gasteiger partial charge on any atom is -0.328 e. The highest BCUT2D eigenvalue weighted by molar-refractivity contribution is 7.99. The first kappa shape index (κ1) is 21.1. The number of thioether (sulfide) groups is 1. The maximum Gasteiger partial charge on any atom is 0.254 e. The minimum absolute atomic E-state index is 0.0278. The number of rotatable bonds is 6. The van der Waals surface area contributed by atoms with Crippen molar-refractivity contribution >= 4 is 29.3 Å². The molecule has 2 aromatic carbocycles. The second-order valence-corrected chi connectivity index (χ2v) is 8.52. The van der Waals surface area contributed by atoms with Crippen molar-refractivity contribution in [1.29, 1.82) is 0 Å². The Morgan fingerprint density at radius 2 is 1.84 bits per heavy atom. The van der Waals surface area contributed by atoms with Crippen molar-refractivity contribution in [3.05, 3.63) is 71.5 Å². The molecule has 7 nitrogen and oxygen atoms in total. The van der Waals surface area contributed by atoms with Gasteiger partial charge in [-0.1, -0.05) is 48.2 Å². The van der Waals surface area contributed by atoms with E-state index in [-0.39, 0.29) is 23.6 Å². The fraction of sp³-hybridized carbons (Fsp3) is 0.304. The Labute approximate surface area is 185 Å². The maximum absolute atomic E-state index is 13.2. The van der Waals surface area contributed by atoms with Crippen LogP contribution < -0.4 is 5.32 Å². The van der Waals surface area contributed by atoms with Crippen molar-refractivity contribution in [1.82, 2.24) is 19.7 Å². The number of likely N-dealkylation sites (tertiary alicyclic amines) is 1. The summed E-state index contributed by atoms with van der Waals surface area (Å²) in [7, 11) is 1.89. The molecule has 0 radical (unpaired) electrons. The van der Waals surface area contributed by atoms with Gasteiger partial charge in [-0.15, -0.1) is 10.2 Å². The van der Waals surface area contributed by atoms with Crippen LogP contribution in [0.2, 0.25) is 0 Å². The van der Waals surface area contributed by atoms with Crippen molar-refractivity contribution in [3.8, 4) is 0 Å². The molecular formula is C23H25N5O2S. The van der Waals surface area contributed by atoms with Gasteiger partial charge in [0.05, 0.1) is 11.8 Å². The zero-order valence-electron chi connectivity index (χ0n) is 17.6. The Hall–Kier alpha value is -3.13. The molecule has 2 heterocycles. The van der Waals surface area contributed by atoms with Crippen LogP contribution >= 0.6 is 11.8 Å². The SMILES string of the molecule is Cc1ccccc1C(=O)N1CCCC1c1nnc(SCC(=O)Nc2ccccc2)n1C. The van der Waals surface area contributed by atoms with Crippen molar-refractivity contribution in [2.24, 2.45) is 7.05 Å². The zero-order valence-corrected chi connectivity index (χ0v) is 18.4. The highest BCUT2D eigenvalue weighted by Crippen LogP contribution is 2.33. The van der Waals surface area contributed by atoms with Gasteiger partial charge in [0, 0.05) is 24.8 Å². The first-order chi connectivity index (χ1) is 15.0. The molecule has 0 saturated carbocycles. The molecule has 8 heteroatoms. The van der Waals surface area contributed by atoms with E-state index in [2.05, 4.69) is 15.5 Å². The summed E-state index contributed by atoms with van der Waals surface area (Å²) in [5.74, 6) is 0.917. The Bertz CT molecular complexity index is 1080. The molecule has 3 aromatic rings. The van der Waals surface area contributed by atoms with Crippen LogP contribution in [0, 0.1) is 6.92 Å².